The number of hydrogen-bond donors (Lipinski definition) is 9. The molecule has 0 bridgehead atoms. The van der Waals surface area contributed by atoms with Gasteiger partial charge in [0, 0.05) is 11.1 Å². The summed E-state index contributed by atoms with van der Waals surface area (Å²) in [5, 5.41) is 42.0. The average molecular weight is 1280 g/mol. The number of benzene rings is 7. The van der Waals surface area contributed by atoms with Gasteiger partial charge in [0.1, 0.15) is 37.4 Å². The van der Waals surface area contributed by atoms with Gasteiger partial charge in [-0.1, -0.05) is 6.58 Å². The Morgan fingerprint density at radius 3 is 1.37 bits per heavy atom. The molecule has 0 heterocycles. The van der Waals surface area contributed by atoms with E-state index in [2.05, 4.69) is 56.4 Å². The van der Waals surface area contributed by atoms with Crippen molar-refractivity contribution in [3.05, 3.63) is 127 Å². The van der Waals surface area contributed by atoms with Gasteiger partial charge < -0.3 is 22.3 Å². The van der Waals surface area contributed by atoms with E-state index < -0.39 is 154 Å². The summed E-state index contributed by atoms with van der Waals surface area (Å²) in [6, 6.07) is 20.5. The molecule has 83 heavy (non-hydrogen) atoms. The standard InChI is InChI=1S/C44H38N12O20S7/c1-2-77(58,59)30-13-7-26(8-14-30)49-53-41-35(81(67,68)69)21-24-22-36(82(70,71)72)42(44(57)37(24)40(41)47)54-50-28-11-17-32(18-12-28)79(62,63)56-29-5-3-25(4-6-29)48-52-33-23-34(80(64,65)66)39(46)43(38(33)45)55-51-27-9-15-31(16-10-27)78(60,61)20-19-76-83(73,74)75/h2-18,21-23,56-57H,1,19-20,45-47H2,(H,64,65,66)(H,67,68,69)(H,70,71,72)(H,73,74,75)/b52-48+,53-49+,54-50+,55-51+. The summed E-state index contributed by atoms with van der Waals surface area (Å²) in [5.41, 5.74) is 13.8. The topological polar surface area (TPSA) is 538 Å². The summed E-state index contributed by atoms with van der Waals surface area (Å²) < 4.78 is 217. The number of rotatable bonds is 21. The molecule has 0 amide bonds. The van der Waals surface area contributed by atoms with Crippen LogP contribution >= 0.6 is 0 Å². The van der Waals surface area contributed by atoms with Gasteiger partial charge in [-0.3, -0.25) is 22.9 Å². The molecule has 0 unspecified atom stereocenters. The van der Waals surface area contributed by atoms with Crippen molar-refractivity contribution in [2.24, 2.45) is 40.9 Å². The van der Waals surface area contributed by atoms with Gasteiger partial charge in [0.15, 0.2) is 25.4 Å². The Kier molecular flexibility index (Phi) is 17.4. The maximum Gasteiger partial charge on any atom is 0.397 e. The molecule has 7 aromatic carbocycles. The summed E-state index contributed by atoms with van der Waals surface area (Å²) in [5.74, 6) is -1.93. The van der Waals surface area contributed by atoms with Crippen LogP contribution in [0.5, 0.6) is 5.75 Å². The average Bonchev–Trinajstić information content (AvgIpc) is 3.43. The van der Waals surface area contributed by atoms with Crippen LogP contribution < -0.4 is 21.9 Å². The molecule has 32 nitrogen and oxygen atoms in total. The van der Waals surface area contributed by atoms with Crippen molar-refractivity contribution in [2.75, 3.05) is 34.3 Å². The van der Waals surface area contributed by atoms with Gasteiger partial charge in [-0.25, -0.2) is 29.4 Å². The number of phenolic OH excluding ortho intramolecular Hbond substituents is 1. The quantitative estimate of drug-likeness (QED) is 0.0187. The number of azo groups is 4. The molecule has 7 rings (SSSR count). The molecule has 0 aliphatic heterocycles. The van der Waals surface area contributed by atoms with Crippen molar-refractivity contribution in [2.45, 2.75) is 29.4 Å². The van der Waals surface area contributed by atoms with E-state index in [0.717, 1.165) is 66.7 Å². The number of hydrogen-bond acceptors (Lipinski definition) is 27. The minimum atomic E-state index is -5.32. The number of nitrogen functional groups attached to an aromatic ring is 3. The molecular formula is C44H38N12O20S7. The van der Waals surface area contributed by atoms with E-state index in [9.17, 15) is 77.7 Å². The van der Waals surface area contributed by atoms with E-state index >= 15 is 0 Å². The van der Waals surface area contributed by atoms with E-state index in [1.807, 2.05) is 0 Å². The monoisotopic (exact) mass is 1280 g/mol. The summed E-state index contributed by atoms with van der Waals surface area (Å²) in [6.07, 6.45) is 0. The molecule has 0 aliphatic carbocycles. The van der Waals surface area contributed by atoms with Crippen LogP contribution in [-0.2, 0) is 74.6 Å². The van der Waals surface area contributed by atoms with Crippen LogP contribution in [0, 0.1) is 0 Å². The minimum Gasteiger partial charge on any atom is -0.505 e. The molecule has 0 aromatic heterocycles. The van der Waals surface area contributed by atoms with Gasteiger partial charge in [0.05, 0.1) is 72.2 Å². The lowest BCUT2D eigenvalue weighted by atomic mass is 10.1. The fraction of sp³-hybridized carbons (Fsp3) is 0.0455. The van der Waals surface area contributed by atoms with Gasteiger partial charge >= 0.3 is 10.4 Å². The van der Waals surface area contributed by atoms with Crippen molar-refractivity contribution in [3.63, 3.8) is 0 Å². The fourth-order valence-corrected chi connectivity index (χ4v) is 12.2. The number of anilines is 4. The van der Waals surface area contributed by atoms with Gasteiger partial charge in [0.2, 0.25) is 0 Å². The summed E-state index contributed by atoms with van der Waals surface area (Å²) >= 11 is 0. The molecule has 0 radical (unpaired) electrons. The number of fused-ring (bicyclic) bond motifs is 1. The zero-order valence-electron chi connectivity index (χ0n) is 41.2. The van der Waals surface area contributed by atoms with Crippen LogP contribution in [0.2, 0.25) is 0 Å². The third-order valence-corrected chi connectivity index (χ3v) is 18.5. The Hall–Kier alpha value is -8.61. The van der Waals surface area contributed by atoms with Crippen LogP contribution in [-0.4, -0.2) is 94.6 Å². The largest absolute Gasteiger partial charge is 0.505 e. The Labute approximate surface area is 470 Å². The zero-order valence-corrected chi connectivity index (χ0v) is 46.9. The summed E-state index contributed by atoms with van der Waals surface area (Å²) in [4.78, 5) is -3.90. The SMILES string of the molecule is C=CS(=O)(=O)c1ccc(/N=N/c2c(S(=O)(=O)O)cc3cc(S(=O)(=O)O)c(/N=N/c4ccc(S(=O)(=O)Nc5ccc(/N=N/c6cc(S(=O)(=O)O)c(N)c(/N=N/c7ccc(S(=O)(=O)CCOS(=O)(=O)O)cc7)c6N)cc5)cc4)c(O)c3c2N)cc1. The van der Waals surface area contributed by atoms with Crippen LogP contribution in [0.1, 0.15) is 0 Å². The number of phenols is 1. The number of aromatic hydroxyl groups is 1. The number of nitrogens with one attached hydrogen (secondary N) is 1. The second kappa shape index (κ2) is 23.3. The van der Waals surface area contributed by atoms with E-state index in [1.165, 1.54) is 36.4 Å². The molecule has 0 saturated carbocycles. The second-order valence-electron chi connectivity index (χ2n) is 16.5. The highest BCUT2D eigenvalue weighted by atomic mass is 32.3. The first-order valence-corrected chi connectivity index (χ1v) is 32.4. The third kappa shape index (κ3) is 14.7. The first-order chi connectivity index (χ1) is 38.5. The van der Waals surface area contributed by atoms with Gasteiger partial charge in [-0.05, 0) is 121 Å². The Balaban J connectivity index is 1.09. The van der Waals surface area contributed by atoms with Crippen LogP contribution in [0.25, 0.3) is 10.8 Å². The van der Waals surface area contributed by atoms with Crippen LogP contribution in [0.4, 0.5) is 68.2 Å². The van der Waals surface area contributed by atoms with Gasteiger partial charge in [0.25, 0.3) is 40.4 Å². The molecule has 0 atom stereocenters. The van der Waals surface area contributed by atoms with Crippen molar-refractivity contribution >= 4 is 149 Å². The number of nitrogens with zero attached hydrogens (tertiary/aromatic N) is 8. The minimum absolute atomic E-state index is 0.0273. The Morgan fingerprint density at radius 1 is 0.482 bits per heavy atom. The lowest BCUT2D eigenvalue weighted by Crippen LogP contribution is -2.15. The first-order valence-electron chi connectivity index (χ1n) is 22.1. The van der Waals surface area contributed by atoms with E-state index in [-0.39, 0.29) is 43.1 Å². The molecule has 0 fully saturated rings. The predicted molar refractivity (Wildman–Crippen MR) is 295 cm³/mol. The maximum absolute atomic E-state index is 13.4. The van der Waals surface area contributed by atoms with E-state index in [0.29, 0.717) is 17.5 Å². The maximum atomic E-state index is 13.4. The van der Waals surface area contributed by atoms with Crippen LogP contribution in [0.3, 0.4) is 0 Å². The van der Waals surface area contributed by atoms with Crippen LogP contribution in [0.15, 0.2) is 198 Å². The zero-order chi connectivity index (χ0) is 61.3. The third-order valence-electron chi connectivity index (χ3n) is 11.0. The second-order valence-corrected chi connectivity index (χ2v) is 27.5. The number of nitrogens with two attached hydrogens (primary N) is 3. The van der Waals surface area contributed by atoms with E-state index in [4.69, 9.17) is 21.8 Å². The molecule has 12 N–H and O–H groups in total. The smallest absolute Gasteiger partial charge is 0.397 e. The van der Waals surface area contributed by atoms with Gasteiger partial charge in [-0.15, -0.1) is 20.5 Å². The molecular weight excluding hydrogens is 1240 g/mol. The highest BCUT2D eigenvalue weighted by molar-refractivity contribution is 7.94. The van der Waals surface area contributed by atoms with Crippen molar-refractivity contribution < 1.29 is 86.4 Å². The molecule has 0 saturated heterocycles. The summed E-state index contributed by atoms with van der Waals surface area (Å²) in [7, 11) is -32.8. The van der Waals surface area contributed by atoms with Crippen molar-refractivity contribution in [3.8, 4) is 5.75 Å². The fourth-order valence-electron chi connectivity index (χ4n) is 6.99. The Morgan fingerprint density at radius 2 is 0.904 bits per heavy atom. The normalized spacial score (nSPS) is 13.2. The van der Waals surface area contributed by atoms with E-state index in [1.54, 1.807) is 0 Å². The lowest BCUT2D eigenvalue weighted by molar-refractivity contribution is 0.284. The molecule has 436 valence electrons. The summed E-state index contributed by atoms with van der Waals surface area (Å²) in [6.45, 7) is 2.34. The molecule has 0 aliphatic rings. The highest BCUT2D eigenvalue weighted by Gasteiger charge is 2.29. The Bertz CT molecular complexity index is 4750. The first kappa shape index (κ1) is 62.0. The van der Waals surface area contributed by atoms with Crippen molar-refractivity contribution in [1.82, 2.24) is 0 Å². The van der Waals surface area contributed by atoms with Crippen molar-refractivity contribution in [1.29, 1.82) is 0 Å². The van der Waals surface area contributed by atoms with Gasteiger partial charge in [-0.2, -0.15) is 54.1 Å². The molecule has 7 aromatic rings. The number of sulfonamides is 1. The highest BCUT2D eigenvalue weighted by Crippen LogP contribution is 2.49. The number of sulfone groups is 2. The predicted octanol–water partition coefficient (Wildman–Crippen LogP) is 8.00. The lowest BCUT2D eigenvalue weighted by Gasteiger charge is -2.14. The molecule has 39 heteroatoms. The molecule has 0 spiro atoms.